The first kappa shape index (κ1) is 9.34. The first-order valence-corrected chi connectivity index (χ1v) is 3.77. The Balaban J connectivity index is 2.54. The van der Waals surface area contributed by atoms with Gasteiger partial charge in [-0.05, 0) is 12.1 Å². The highest BCUT2D eigenvalue weighted by molar-refractivity contribution is 5.92. The van der Waals surface area contributed by atoms with Crippen LogP contribution in [0.2, 0.25) is 0 Å². The summed E-state index contributed by atoms with van der Waals surface area (Å²) in [6, 6.07) is 5.07. The highest BCUT2D eigenvalue weighted by Crippen LogP contribution is 1.91. The highest BCUT2D eigenvalue weighted by atomic mass is 16.2. The molecule has 0 spiro atoms. The van der Waals surface area contributed by atoms with Crippen LogP contribution in [0, 0.1) is 0 Å². The van der Waals surface area contributed by atoms with Crippen molar-refractivity contribution in [3.05, 3.63) is 30.1 Å². The first-order valence-electron chi connectivity index (χ1n) is 3.77. The fourth-order valence-electron chi connectivity index (χ4n) is 0.711. The molecule has 13 heavy (non-hydrogen) atoms. The molecule has 0 aliphatic carbocycles. The molecule has 5 nitrogen and oxygen atoms in total. The third kappa shape index (κ3) is 3.00. The number of nitrogens with two attached hydrogens (primary N) is 1. The number of hydrazone groups is 1. The van der Waals surface area contributed by atoms with Crippen molar-refractivity contribution in [1.29, 1.82) is 0 Å². The van der Waals surface area contributed by atoms with Crippen molar-refractivity contribution in [2.75, 3.05) is 6.54 Å². The van der Waals surface area contributed by atoms with Gasteiger partial charge in [-0.3, -0.25) is 9.78 Å². The molecule has 0 aliphatic heterocycles. The van der Waals surface area contributed by atoms with Crippen LogP contribution in [0.3, 0.4) is 0 Å². The lowest BCUT2D eigenvalue weighted by atomic mass is 10.3. The quantitative estimate of drug-likeness (QED) is 0.495. The van der Waals surface area contributed by atoms with Gasteiger partial charge in [-0.15, -0.1) is 0 Å². The molecule has 3 N–H and O–H groups in total. The zero-order valence-corrected chi connectivity index (χ0v) is 6.97. The standard InChI is InChI=1S/C8H10N4O/c9-4-6-11-12-8(13)7-3-1-2-5-10-7/h1-3,5-6H,4,9H2,(H,12,13)/b11-6+. The van der Waals surface area contributed by atoms with Gasteiger partial charge in [-0.25, -0.2) is 5.43 Å². The second-order valence-corrected chi connectivity index (χ2v) is 2.20. The highest BCUT2D eigenvalue weighted by Gasteiger charge is 2.02. The minimum atomic E-state index is -0.342. The van der Waals surface area contributed by atoms with Crippen LogP contribution in [-0.4, -0.2) is 23.7 Å². The van der Waals surface area contributed by atoms with E-state index in [4.69, 9.17) is 5.73 Å². The number of nitrogens with one attached hydrogen (secondary N) is 1. The predicted octanol–water partition coefficient (Wildman–Crippen LogP) is -0.244. The largest absolute Gasteiger partial charge is 0.326 e. The summed E-state index contributed by atoms with van der Waals surface area (Å²) in [6.45, 7) is 0.294. The van der Waals surface area contributed by atoms with Gasteiger partial charge in [0.15, 0.2) is 0 Å². The summed E-state index contributed by atoms with van der Waals surface area (Å²) in [5.41, 5.74) is 7.76. The maximum Gasteiger partial charge on any atom is 0.289 e. The molecule has 68 valence electrons. The molecule has 0 bridgehead atoms. The maximum absolute atomic E-state index is 11.2. The third-order valence-electron chi connectivity index (χ3n) is 1.26. The van der Waals surface area contributed by atoms with E-state index in [1.807, 2.05) is 0 Å². The number of rotatable bonds is 3. The Bertz CT molecular complexity index is 296. The number of nitrogens with zero attached hydrogens (tertiary/aromatic N) is 2. The molecule has 1 aromatic rings. The average Bonchev–Trinajstić information content (AvgIpc) is 2.19. The van der Waals surface area contributed by atoms with Gasteiger partial charge < -0.3 is 5.73 Å². The summed E-state index contributed by atoms with van der Waals surface area (Å²) in [5.74, 6) is -0.342. The summed E-state index contributed by atoms with van der Waals surface area (Å²) in [5, 5.41) is 3.58. The average molecular weight is 178 g/mol. The molecule has 1 heterocycles. The number of carbonyl (C=O) groups excluding carboxylic acids is 1. The second kappa shape index (κ2) is 5.00. The molecule has 1 aromatic heterocycles. The van der Waals surface area contributed by atoms with E-state index in [1.54, 1.807) is 24.4 Å². The topological polar surface area (TPSA) is 80.4 Å². The molecule has 5 heteroatoms. The van der Waals surface area contributed by atoms with Crippen LogP contribution < -0.4 is 11.2 Å². The zero-order valence-electron chi connectivity index (χ0n) is 6.97. The van der Waals surface area contributed by atoms with Crippen molar-refractivity contribution in [3.63, 3.8) is 0 Å². The summed E-state index contributed by atoms with van der Waals surface area (Å²) in [6.07, 6.45) is 2.95. The monoisotopic (exact) mass is 178 g/mol. The van der Waals surface area contributed by atoms with Gasteiger partial charge in [0.05, 0.1) is 0 Å². The maximum atomic E-state index is 11.2. The number of hydrogen-bond donors (Lipinski definition) is 2. The van der Waals surface area contributed by atoms with Crippen LogP contribution in [-0.2, 0) is 0 Å². The van der Waals surface area contributed by atoms with Gasteiger partial charge in [0.2, 0.25) is 0 Å². The molecular formula is C8H10N4O. The number of pyridine rings is 1. The minimum Gasteiger partial charge on any atom is -0.326 e. The number of aromatic nitrogens is 1. The summed E-state index contributed by atoms with van der Waals surface area (Å²) in [4.78, 5) is 15.0. The van der Waals surface area contributed by atoms with Gasteiger partial charge >= 0.3 is 0 Å². The molecule has 0 aromatic carbocycles. The smallest absolute Gasteiger partial charge is 0.289 e. The second-order valence-electron chi connectivity index (χ2n) is 2.20. The van der Waals surface area contributed by atoms with Crippen LogP contribution in [0.4, 0.5) is 0 Å². The predicted molar refractivity (Wildman–Crippen MR) is 49.2 cm³/mol. The van der Waals surface area contributed by atoms with E-state index in [2.05, 4.69) is 15.5 Å². The van der Waals surface area contributed by atoms with Crippen molar-refractivity contribution in [3.8, 4) is 0 Å². The van der Waals surface area contributed by atoms with Gasteiger partial charge in [-0.1, -0.05) is 6.07 Å². The minimum absolute atomic E-state index is 0.294. The molecular weight excluding hydrogens is 168 g/mol. The Morgan fingerprint density at radius 3 is 3.15 bits per heavy atom. The third-order valence-corrected chi connectivity index (χ3v) is 1.26. The van der Waals surface area contributed by atoms with Gasteiger partial charge in [0.1, 0.15) is 5.69 Å². The van der Waals surface area contributed by atoms with E-state index in [1.165, 1.54) is 6.21 Å². The zero-order chi connectivity index (χ0) is 9.52. The Morgan fingerprint density at radius 2 is 2.54 bits per heavy atom. The Kier molecular flexibility index (Phi) is 3.59. The normalized spacial score (nSPS) is 10.2. The molecule has 0 aliphatic rings. The van der Waals surface area contributed by atoms with Crippen molar-refractivity contribution in [2.45, 2.75) is 0 Å². The molecule has 0 saturated carbocycles. The van der Waals surface area contributed by atoms with Crippen molar-refractivity contribution in [2.24, 2.45) is 10.8 Å². The van der Waals surface area contributed by atoms with E-state index >= 15 is 0 Å². The summed E-state index contributed by atoms with van der Waals surface area (Å²) >= 11 is 0. The summed E-state index contributed by atoms with van der Waals surface area (Å²) < 4.78 is 0. The Hall–Kier alpha value is -1.75. The molecule has 1 amide bonds. The Labute approximate surface area is 75.7 Å². The molecule has 0 atom stereocenters. The number of carbonyl (C=O) groups is 1. The van der Waals surface area contributed by atoms with Crippen molar-refractivity contribution in [1.82, 2.24) is 10.4 Å². The summed E-state index contributed by atoms with van der Waals surface area (Å²) in [7, 11) is 0. The first-order chi connectivity index (χ1) is 6.34. The van der Waals surface area contributed by atoms with Crippen LogP contribution in [0.5, 0.6) is 0 Å². The van der Waals surface area contributed by atoms with Crippen LogP contribution in [0.1, 0.15) is 10.5 Å². The lowest BCUT2D eigenvalue weighted by molar-refractivity contribution is 0.0950. The van der Waals surface area contributed by atoms with E-state index < -0.39 is 0 Å². The molecule has 0 saturated heterocycles. The molecule has 0 fully saturated rings. The van der Waals surface area contributed by atoms with E-state index in [-0.39, 0.29) is 5.91 Å². The molecule has 1 rings (SSSR count). The number of hydrogen-bond acceptors (Lipinski definition) is 4. The van der Waals surface area contributed by atoms with Crippen molar-refractivity contribution >= 4 is 12.1 Å². The van der Waals surface area contributed by atoms with E-state index in [0.29, 0.717) is 12.2 Å². The fourth-order valence-corrected chi connectivity index (χ4v) is 0.711. The molecule has 0 unspecified atom stereocenters. The number of amides is 1. The fraction of sp³-hybridized carbons (Fsp3) is 0.125. The lowest BCUT2D eigenvalue weighted by Gasteiger charge is -1.96. The van der Waals surface area contributed by atoms with Gasteiger partial charge in [-0.2, -0.15) is 5.10 Å². The van der Waals surface area contributed by atoms with E-state index in [9.17, 15) is 4.79 Å². The SMILES string of the molecule is NC/C=N/NC(=O)c1ccccn1. The van der Waals surface area contributed by atoms with Crippen LogP contribution in [0.25, 0.3) is 0 Å². The van der Waals surface area contributed by atoms with Crippen LogP contribution >= 0.6 is 0 Å². The van der Waals surface area contributed by atoms with Gasteiger partial charge in [0.25, 0.3) is 5.91 Å². The van der Waals surface area contributed by atoms with Crippen molar-refractivity contribution < 1.29 is 4.79 Å². The van der Waals surface area contributed by atoms with Gasteiger partial charge in [0, 0.05) is 19.0 Å². The van der Waals surface area contributed by atoms with Crippen LogP contribution in [0.15, 0.2) is 29.5 Å². The Morgan fingerprint density at radius 1 is 1.69 bits per heavy atom. The molecule has 0 radical (unpaired) electrons. The lowest BCUT2D eigenvalue weighted by Crippen LogP contribution is -2.19. The van der Waals surface area contributed by atoms with E-state index in [0.717, 1.165) is 0 Å².